The fourth-order valence-electron chi connectivity index (χ4n) is 4.70. The zero-order valence-corrected chi connectivity index (χ0v) is 18.4. The van der Waals surface area contributed by atoms with E-state index in [9.17, 15) is 13.2 Å². The normalized spacial score (nSPS) is 30.0. The summed E-state index contributed by atoms with van der Waals surface area (Å²) in [6.07, 6.45) is 3.34. The van der Waals surface area contributed by atoms with Gasteiger partial charge in [-0.15, -0.1) is 0 Å². The zero-order chi connectivity index (χ0) is 19.5. The number of hydrogen-bond acceptors (Lipinski definition) is 3. The van der Waals surface area contributed by atoms with E-state index in [4.69, 9.17) is 0 Å². The first-order valence-electron chi connectivity index (χ1n) is 8.94. The van der Waals surface area contributed by atoms with Gasteiger partial charge in [-0.1, -0.05) is 20.8 Å². The summed E-state index contributed by atoms with van der Waals surface area (Å²) in [5, 5.41) is 3.19. The molecule has 2 fully saturated rings. The fraction of sp³-hybridized carbons (Fsp3) is 0.632. The van der Waals surface area contributed by atoms with Crippen LogP contribution < -0.4 is 5.32 Å². The van der Waals surface area contributed by atoms with Crippen LogP contribution in [0.25, 0.3) is 0 Å². The third-order valence-corrected chi connectivity index (χ3v) is 9.86. The van der Waals surface area contributed by atoms with Gasteiger partial charge in [0.15, 0.2) is 0 Å². The van der Waals surface area contributed by atoms with Crippen molar-refractivity contribution < 1.29 is 13.2 Å². The molecule has 2 bridgehead atoms. The van der Waals surface area contributed by atoms with Crippen molar-refractivity contribution >= 4 is 31.9 Å². The average Bonchev–Trinajstić information content (AvgIpc) is 2.88. The molecule has 1 N–H and O–H groups in total. The molecule has 2 aliphatic rings. The minimum atomic E-state index is -3.62. The molecule has 2 saturated carbocycles. The van der Waals surface area contributed by atoms with Gasteiger partial charge >= 0.3 is 0 Å². The number of nitrogens with one attached hydrogen (secondary N) is 1. The van der Waals surface area contributed by atoms with Gasteiger partial charge in [-0.25, -0.2) is 12.7 Å². The number of carbonyl (C=O) groups excluding carboxylic acids is 1. The van der Waals surface area contributed by atoms with E-state index in [-0.39, 0.29) is 27.7 Å². The first-order valence-corrected chi connectivity index (χ1v) is 11.2. The Kier molecular flexibility index (Phi) is 4.81. The van der Waals surface area contributed by atoms with Gasteiger partial charge in [0.1, 0.15) is 0 Å². The molecule has 3 atom stereocenters. The van der Waals surface area contributed by atoms with Crippen molar-refractivity contribution in [2.24, 2.45) is 16.7 Å². The highest BCUT2D eigenvalue weighted by Gasteiger charge is 2.61. The number of sulfonamides is 1. The largest absolute Gasteiger partial charge is 0.349 e. The molecule has 2 aliphatic carbocycles. The summed E-state index contributed by atoms with van der Waals surface area (Å²) >= 11 is 3.28. The second-order valence-corrected chi connectivity index (χ2v) is 11.5. The first-order chi connectivity index (χ1) is 11.9. The summed E-state index contributed by atoms with van der Waals surface area (Å²) in [7, 11) is -0.666. The minimum Gasteiger partial charge on any atom is -0.349 e. The van der Waals surface area contributed by atoms with E-state index in [1.54, 1.807) is 12.1 Å². The fourth-order valence-corrected chi connectivity index (χ4v) is 6.55. The van der Waals surface area contributed by atoms with Crippen molar-refractivity contribution in [3.8, 4) is 0 Å². The summed E-state index contributed by atoms with van der Waals surface area (Å²) in [5.41, 5.74) is 0.670. The molecule has 0 saturated heterocycles. The third-order valence-electron chi connectivity index (χ3n) is 7.05. The Bertz CT molecular complexity index is 850. The maximum Gasteiger partial charge on any atom is 0.251 e. The lowest BCUT2D eigenvalue weighted by molar-refractivity contribution is 0.0826. The van der Waals surface area contributed by atoms with Crippen LogP contribution in [0.1, 0.15) is 50.4 Å². The number of nitrogens with zero attached hydrogens (tertiary/aromatic N) is 1. The van der Waals surface area contributed by atoms with Crippen LogP contribution in [0.3, 0.4) is 0 Å². The van der Waals surface area contributed by atoms with Gasteiger partial charge in [-0.2, -0.15) is 0 Å². The number of halogens is 1. The van der Waals surface area contributed by atoms with Crippen LogP contribution in [0.4, 0.5) is 0 Å². The van der Waals surface area contributed by atoms with E-state index in [1.165, 1.54) is 26.6 Å². The molecule has 0 heterocycles. The average molecular weight is 443 g/mol. The first kappa shape index (κ1) is 19.8. The highest BCUT2D eigenvalue weighted by molar-refractivity contribution is 9.10. The molecule has 0 radical (unpaired) electrons. The number of rotatable bonds is 4. The van der Waals surface area contributed by atoms with Crippen molar-refractivity contribution in [2.75, 3.05) is 14.1 Å². The number of carbonyl (C=O) groups is 1. The lowest BCUT2D eigenvalue weighted by Crippen LogP contribution is -2.46. The van der Waals surface area contributed by atoms with E-state index >= 15 is 0 Å². The number of amides is 1. The molecule has 26 heavy (non-hydrogen) atoms. The maximum atomic E-state index is 12.9. The maximum absolute atomic E-state index is 12.9. The smallest absolute Gasteiger partial charge is 0.251 e. The Morgan fingerprint density at radius 3 is 2.42 bits per heavy atom. The Hall–Kier alpha value is -0.920. The lowest BCUT2D eigenvalue weighted by Gasteiger charge is -2.39. The van der Waals surface area contributed by atoms with Gasteiger partial charge in [0.05, 0.1) is 4.90 Å². The monoisotopic (exact) mass is 442 g/mol. The summed E-state index contributed by atoms with van der Waals surface area (Å²) in [6.45, 7) is 6.88. The van der Waals surface area contributed by atoms with Gasteiger partial charge in [0, 0.05) is 30.2 Å². The molecule has 5 nitrogen and oxygen atoms in total. The van der Waals surface area contributed by atoms with Crippen LogP contribution >= 0.6 is 15.9 Å². The van der Waals surface area contributed by atoms with E-state index in [0.717, 1.165) is 17.1 Å². The summed E-state index contributed by atoms with van der Waals surface area (Å²) in [6, 6.07) is 4.86. The molecular weight excluding hydrogens is 416 g/mol. The highest BCUT2D eigenvalue weighted by Crippen LogP contribution is 2.65. The Labute approximate surface area is 164 Å². The van der Waals surface area contributed by atoms with Crippen molar-refractivity contribution in [3.63, 3.8) is 0 Å². The SMILES string of the molecule is CN(C)S(=O)(=O)c1cc(C(=O)NC2CC3CCC2(C)C3(C)C)ccc1Br. The molecule has 144 valence electrons. The van der Waals surface area contributed by atoms with Crippen molar-refractivity contribution in [2.45, 2.75) is 51.0 Å². The third kappa shape index (κ3) is 2.83. The second-order valence-electron chi connectivity index (χ2n) is 8.57. The van der Waals surface area contributed by atoms with Crippen LogP contribution in [0, 0.1) is 16.7 Å². The number of benzene rings is 1. The van der Waals surface area contributed by atoms with E-state index in [2.05, 4.69) is 42.0 Å². The summed E-state index contributed by atoms with van der Waals surface area (Å²) in [5.74, 6) is 0.426. The van der Waals surface area contributed by atoms with Crippen LogP contribution in [0.15, 0.2) is 27.6 Å². The molecular formula is C19H27BrN2O3S. The topological polar surface area (TPSA) is 66.5 Å². The summed E-state index contributed by atoms with van der Waals surface area (Å²) in [4.78, 5) is 13.0. The van der Waals surface area contributed by atoms with Gasteiger partial charge in [0.2, 0.25) is 10.0 Å². The zero-order valence-electron chi connectivity index (χ0n) is 16.0. The van der Waals surface area contributed by atoms with Crippen LogP contribution in [-0.2, 0) is 10.0 Å². The van der Waals surface area contributed by atoms with E-state index < -0.39 is 10.0 Å². The summed E-state index contributed by atoms with van der Waals surface area (Å²) < 4.78 is 26.6. The lowest BCUT2D eigenvalue weighted by atomic mass is 9.69. The van der Waals surface area contributed by atoms with Crippen LogP contribution in [0.2, 0.25) is 0 Å². The number of hydrogen-bond donors (Lipinski definition) is 1. The van der Waals surface area contributed by atoms with Gasteiger partial charge < -0.3 is 5.32 Å². The van der Waals surface area contributed by atoms with Crippen LogP contribution in [-0.4, -0.2) is 38.8 Å². The molecule has 0 spiro atoms. The standard InChI is InChI=1S/C19H27BrN2O3S/c1-18(2)13-8-9-19(18,3)16(11-13)21-17(23)12-6-7-14(20)15(10-12)26(24,25)22(4)5/h6-7,10,13,16H,8-9,11H2,1-5H3,(H,21,23). The minimum absolute atomic E-state index is 0.0846. The molecule has 7 heteroatoms. The van der Waals surface area contributed by atoms with E-state index in [1.807, 2.05) is 0 Å². The molecule has 1 aromatic rings. The van der Waals surface area contributed by atoms with Crippen molar-refractivity contribution in [1.82, 2.24) is 9.62 Å². The molecule has 1 amide bonds. The predicted octanol–water partition coefficient (Wildman–Crippen LogP) is 3.64. The molecule has 3 unspecified atom stereocenters. The quantitative estimate of drug-likeness (QED) is 0.773. The molecule has 0 aliphatic heterocycles. The number of fused-ring (bicyclic) bond motifs is 2. The van der Waals surface area contributed by atoms with Gasteiger partial charge in [-0.05, 0) is 70.1 Å². The Morgan fingerprint density at radius 2 is 1.92 bits per heavy atom. The molecule has 3 rings (SSSR count). The van der Waals surface area contributed by atoms with Gasteiger partial charge in [-0.3, -0.25) is 4.79 Å². The van der Waals surface area contributed by atoms with Crippen molar-refractivity contribution in [3.05, 3.63) is 28.2 Å². The highest BCUT2D eigenvalue weighted by atomic mass is 79.9. The van der Waals surface area contributed by atoms with Crippen molar-refractivity contribution in [1.29, 1.82) is 0 Å². The van der Waals surface area contributed by atoms with Gasteiger partial charge in [0.25, 0.3) is 5.91 Å². The molecule has 0 aromatic heterocycles. The Morgan fingerprint density at radius 1 is 1.27 bits per heavy atom. The Balaban J connectivity index is 1.86. The van der Waals surface area contributed by atoms with Crippen LogP contribution in [0.5, 0.6) is 0 Å². The molecule has 1 aromatic carbocycles. The van der Waals surface area contributed by atoms with E-state index in [0.29, 0.717) is 16.0 Å². The second kappa shape index (κ2) is 6.31. The predicted molar refractivity (Wildman–Crippen MR) is 105 cm³/mol.